The number of carbonyl (C=O) groups excluding carboxylic acids is 1. The van der Waals surface area contributed by atoms with Crippen LogP contribution in [0.25, 0.3) is 27.5 Å². The van der Waals surface area contributed by atoms with E-state index in [9.17, 15) is 14.6 Å². The second kappa shape index (κ2) is 12.2. The predicted octanol–water partition coefficient (Wildman–Crippen LogP) is 4.19. The maximum atomic E-state index is 13.9. The summed E-state index contributed by atoms with van der Waals surface area (Å²) in [6, 6.07) is 15.6. The Morgan fingerprint density at radius 3 is 2.43 bits per heavy atom. The lowest BCUT2D eigenvalue weighted by Gasteiger charge is -2.15. The third kappa shape index (κ3) is 5.51. The number of pyridine rings is 1. The second-order valence-electron chi connectivity index (χ2n) is 9.47. The fraction of sp³-hybridized carbons (Fsp3) is 0.207. The molecule has 5 rings (SSSR count). The average molecular weight is 591 g/mol. The molecule has 1 amide bonds. The minimum atomic E-state index is -0.820. The SMILES string of the molecule is COc1cc(NC(=O)Cc2cccc(-n3c(=O)c4c(CNB(C)O)onc4c4c(Cl)cccc43)c2)cc(OC)c1OC. The molecule has 42 heavy (non-hydrogen) atoms. The van der Waals surface area contributed by atoms with E-state index in [1.54, 1.807) is 61.4 Å². The van der Waals surface area contributed by atoms with Crippen molar-refractivity contribution in [2.24, 2.45) is 0 Å². The van der Waals surface area contributed by atoms with Crippen LogP contribution in [0.3, 0.4) is 0 Å². The molecular formula is C29H28BClN4O7. The van der Waals surface area contributed by atoms with Gasteiger partial charge in [-0.2, -0.15) is 0 Å². The van der Waals surface area contributed by atoms with Crippen LogP contribution in [0, 0.1) is 0 Å². The van der Waals surface area contributed by atoms with Gasteiger partial charge < -0.3 is 34.3 Å². The van der Waals surface area contributed by atoms with Crippen molar-refractivity contribution in [2.75, 3.05) is 26.6 Å². The van der Waals surface area contributed by atoms with Crippen molar-refractivity contribution in [1.29, 1.82) is 0 Å². The Labute approximate surface area is 246 Å². The van der Waals surface area contributed by atoms with Crippen LogP contribution in [0.2, 0.25) is 11.8 Å². The summed E-state index contributed by atoms with van der Waals surface area (Å²) >= 11 is 6.59. The highest BCUT2D eigenvalue weighted by Gasteiger charge is 2.22. The van der Waals surface area contributed by atoms with Gasteiger partial charge in [0.1, 0.15) is 10.9 Å². The molecule has 0 fully saturated rings. The Bertz CT molecular complexity index is 1830. The highest BCUT2D eigenvalue weighted by molar-refractivity contribution is 6.45. The third-order valence-corrected chi connectivity index (χ3v) is 7.00. The maximum Gasteiger partial charge on any atom is 0.373 e. The number of hydrogen-bond donors (Lipinski definition) is 3. The van der Waals surface area contributed by atoms with Crippen LogP contribution in [0.4, 0.5) is 5.69 Å². The second-order valence-corrected chi connectivity index (χ2v) is 9.88. The molecule has 0 atom stereocenters. The molecule has 11 nitrogen and oxygen atoms in total. The molecule has 3 N–H and O–H groups in total. The average Bonchev–Trinajstić information content (AvgIpc) is 3.40. The van der Waals surface area contributed by atoms with E-state index in [4.69, 9.17) is 30.3 Å². The van der Waals surface area contributed by atoms with E-state index in [0.29, 0.717) is 55.6 Å². The van der Waals surface area contributed by atoms with Crippen LogP contribution in [0.1, 0.15) is 11.3 Å². The fourth-order valence-corrected chi connectivity index (χ4v) is 5.10. The van der Waals surface area contributed by atoms with Crippen molar-refractivity contribution in [1.82, 2.24) is 15.0 Å². The van der Waals surface area contributed by atoms with Gasteiger partial charge in [-0.25, -0.2) is 0 Å². The van der Waals surface area contributed by atoms with Gasteiger partial charge in [-0.1, -0.05) is 35.0 Å². The largest absolute Gasteiger partial charge is 0.493 e. The predicted molar refractivity (Wildman–Crippen MR) is 161 cm³/mol. The smallest absolute Gasteiger partial charge is 0.373 e. The number of ether oxygens (including phenoxy) is 3. The van der Waals surface area contributed by atoms with Crippen LogP contribution < -0.4 is 30.3 Å². The highest BCUT2D eigenvalue weighted by atomic mass is 35.5. The molecule has 0 bridgehead atoms. The fourth-order valence-electron chi connectivity index (χ4n) is 4.84. The van der Waals surface area contributed by atoms with Gasteiger partial charge in [-0.05, 0) is 36.7 Å². The van der Waals surface area contributed by atoms with Gasteiger partial charge in [0, 0.05) is 35.4 Å². The summed E-state index contributed by atoms with van der Waals surface area (Å²) in [4.78, 5) is 27.0. The Hall–Kier alpha value is -4.52. The molecular weight excluding hydrogens is 563 g/mol. The molecule has 0 saturated heterocycles. The number of amides is 1. The molecule has 0 aliphatic carbocycles. The molecule has 0 aliphatic rings. The summed E-state index contributed by atoms with van der Waals surface area (Å²) in [6.45, 7) is 1.65. The lowest BCUT2D eigenvalue weighted by Crippen LogP contribution is -2.30. The molecule has 13 heteroatoms. The molecule has 2 heterocycles. The van der Waals surface area contributed by atoms with Crippen molar-refractivity contribution in [3.05, 3.63) is 81.3 Å². The molecule has 0 aliphatic heterocycles. The van der Waals surface area contributed by atoms with Crippen molar-refractivity contribution in [3.63, 3.8) is 0 Å². The number of benzene rings is 3. The monoisotopic (exact) mass is 590 g/mol. The molecule has 0 radical (unpaired) electrons. The van der Waals surface area contributed by atoms with Gasteiger partial charge in [0.2, 0.25) is 11.7 Å². The van der Waals surface area contributed by atoms with E-state index in [-0.39, 0.29) is 35.6 Å². The lowest BCUT2D eigenvalue weighted by atomic mass is 9.89. The van der Waals surface area contributed by atoms with Crippen molar-refractivity contribution in [3.8, 4) is 22.9 Å². The number of fused-ring (bicyclic) bond motifs is 3. The Morgan fingerprint density at radius 2 is 1.76 bits per heavy atom. The summed E-state index contributed by atoms with van der Waals surface area (Å²) in [5.74, 6) is 1.21. The van der Waals surface area contributed by atoms with Crippen LogP contribution in [0.5, 0.6) is 17.2 Å². The summed E-state index contributed by atoms with van der Waals surface area (Å²) < 4.78 is 23.1. The van der Waals surface area contributed by atoms with Gasteiger partial charge in [-0.15, -0.1) is 0 Å². The molecule has 2 aromatic heterocycles. The number of carbonyl (C=O) groups is 1. The number of methoxy groups -OCH3 is 3. The topological polar surface area (TPSA) is 137 Å². The van der Waals surface area contributed by atoms with Crippen LogP contribution in [0.15, 0.2) is 63.9 Å². The van der Waals surface area contributed by atoms with E-state index >= 15 is 0 Å². The zero-order valence-corrected chi connectivity index (χ0v) is 24.1. The maximum absolute atomic E-state index is 13.9. The number of aromatic nitrogens is 2. The van der Waals surface area contributed by atoms with Gasteiger partial charge in [-0.3, -0.25) is 14.2 Å². The van der Waals surface area contributed by atoms with Crippen molar-refractivity contribution in [2.45, 2.75) is 19.8 Å². The number of nitrogens with zero attached hydrogens (tertiary/aromatic N) is 2. The van der Waals surface area contributed by atoms with E-state index < -0.39 is 7.05 Å². The molecule has 3 aromatic carbocycles. The zero-order chi connectivity index (χ0) is 30.0. The number of hydrogen-bond acceptors (Lipinski definition) is 9. The highest BCUT2D eigenvalue weighted by Crippen LogP contribution is 2.40. The van der Waals surface area contributed by atoms with Crippen molar-refractivity contribution >= 4 is 52.1 Å². The van der Waals surface area contributed by atoms with Crippen LogP contribution in [-0.2, 0) is 17.8 Å². The number of halogens is 1. The molecule has 5 aromatic rings. The minimum absolute atomic E-state index is 0.0248. The first-order chi connectivity index (χ1) is 20.2. The van der Waals surface area contributed by atoms with Crippen LogP contribution in [-0.4, -0.2) is 49.0 Å². The zero-order valence-electron chi connectivity index (χ0n) is 23.4. The first-order valence-corrected chi connectivity index (χ1v) is 13.4. The standard InChI is InChI=1S/C29H28BClN4O7/c1-30(38)32-15-23-26-27(34-42-23)25-19(31)9-6-10-20(25)35(29(26)37)18-8-5-7-16(11-18)12-24(36)33-17-13-21(39-2)28(41-4)22(14-17)40-3/h5-11,13-14,32,38H,12,15H2,1-4H3,(H,33,36). The molecule has 0 unspecified atom stereocenters. The normalized spacial score (nSPS) is 11.1. The quantitative estimate of drug-likeness (QED) is 0.204. The molecule has 0 spiro atoms. The summed E-state index contributed by atoms with van der Waals surface area (Å²) in [5.41, 5.74) is 2.16. The van der Waals surface area contributed by atoms with Gasteiger partial charge in [0.15, 0.2) is 17.3 Å². The molecule has 216 valence electrons. The van der Waals surface area contributed by atoms with E-state index in [1.165, 1.54) is 25.9 Å². The van der Waals surface area contributed by atoms with E-state index in [2.05, 4.69) is 15.7 Å². The Balaban J connectivity index is 1.53. The summed E-state index contributed by atoms with van der Waals surface area (Å²) in [6.07, 6.45) is 0.0248. The lowest BCUT2D eigenvalue weighted by molar-refractivity contribution is -0.115. The van der Waals surface area contributed by atoms with Gasteiger partial charge in [0.25, 0.3) is 5.56 Å². The summed E-state index contributed by atoms with van der Waals surface area (Å²) in [7, 11) is 3.68. The number of rotatable bonds is 10. The molecule has 0 saturated carbocycles. The van der Waals surface area contributed by atoms with E-state index in [0.717, 1.165) is 0 Å². The first-order valence-electron chi connectivity index (χ1n) is 13.0. The Morgan fingerprint density at radius 1 is 1.05 bits per heavy atom. The number of nitrogens with one attached hydrogen (secondary N) is 2. The van der Waals surface area contributed by atoms with Gasteiger partial charge in [0.05, 0.1) is 38.3 Å². The van der Waals surface area contributed by atoms with E-state index in [1.807, 2.05) is 0 Å². The first kappa shape index (κ1) is 29.0. The summed E-state index contributed by atoms with van der Waals surface area (Å²) in [5, 5.41) is 20.7. The van der Waals surface area contributed by atoms with Crippen LogP contribution >= 0.6 is 11.6 Å². The number of anilines is 1. The minimum Gasteiger partial charge on any atom is -0.493 e. The third-order valence-electron chi connectivity index (χ3n) is 6.69. The van der Waals surface area contributed by atoms with Gasteiger partial charge >= 0.3 is 7.05 Å². The Kier molecular flexibility index (Phi) is 8.39. The van der Waals surface area contributed by atoms with Crippen molar-refractivity contribution < 1.29 is 28.6 Å².